The molecule has 0 radical (unpaired) electrons. The molecule has 0 bridgehead atoms. The van der Waals surface area contributed by atoms with Crippen LogP contribution in [0.3, 0.4) is 0 Å². The molecular weight excluding hydrogens is 174 g/mol. The van der Waals surface area contributed by atoms with Crippen LogP contribution in [0.1, 0.15) is 19.8 Å². The Bertz CT molecular complexity index is 269. The van der Waals surface area contributed by atoms with E-state index < -0.39 is 0 Å². The van der Waals surface area contributed by atoms with Crippen LogP contribution in [0.15, 0.2) is 0 Å². The van der Waals surface area contributed by atoms with Crippen molar-refractivity contribution in [3.8, 4) is 0 Å². The van der Waals surface area contributed by atoms with Crippen molar-refractivity contribution in [2.75, 3.05) is 5.32 Å². The van der Waals surface area contributed by atoms with Crippen molar-refractivity contribution in [2.24, 2.45) is 7.05 Å². The Hall–Kier alpha value is -1.04. The number of nitrogens with one attached hydrogen (secondary N) is 1. The molecule has 0 spiro atoms. The van der Waals surface area contributed by atoms with Gasteiger partial charge >= 0.3 is 0 Å². The molecule has 1 aromatic heterocycles. The molecule has 0 aliphatic heterocycles. The quantitative estimate of drug-likeness (QED) is 0.704. The first-order valence-corrected chi connectivity index (χ1v) is 4.17. The van der Waals surface area contributed by atoms with Crippen molar-refractivity contribution in [1.29, 1.82) is 0 Å². The summed E-state index contributed by atoms with van der Waals surface area (Å²) in [7, 11) is 1.76. The third-order valence-electron chi connectivity index (χ3n) is 1.35. The molecule has 0 saturated heterocycles. The Morgan fingerprint density at radius 2 is 2.42 bits per heavy atom. The molecule has 0 saturated carbocycles. The van der Waals surface area contributed by atoms with Crippen LogP contribution < -0.4 is 5.32 Å². The smallest absolute Gasteiger partial charge is 0.247 e. The molecule has 0 aliphatic carbocycles. The first-order chi connectivity index (χ1) is 5.74. The lowest BCUT2D eigenvalue weighted by atomic mass is 10.3. The Balaban J connectivity index is 2.52. The summed E-state index contributed by atoms with van der Waals surface area (Å²) in [6, 6.07) is 0. The number of rotatable bonds is 3. The number of thiocarbonyl (C=S) groups is 1. The molecule has 1 rings (SSSR count). The predicted molar refractivity (Wildman–Crippen MR) is 49.9 cm³/mol. The predicted octanol–water partition coefficient (Wildman–Crippen LogP) is 0.749. The largest absolute Gasteiger partial charge is 0.317 e. The van der Waals surface area contributed by atoms with E-state index in [9.17, 15) is 0 Å². The molecule has 0 aliphatic rings. The lowest BCUT2D eigenvalue weighted by Crippen LogP contribution is -2.12. The monoisotopic (exact) mass is 185 g/mol. The molecule has 0 aromatic carbocycles. The Kier molecular flexibility index (Phi) is 3.09. The maximum atomic E-state index is 5.04. The van der Waals surface area contributed by atoms with Gasteiger partial charge in [-0.3, -0.25) is 0 Å². The zero-order chi connectivity index (χ0) is 8.97. The third kappa shape index (κ3) is 2.23. The summed E-state index contributed by atoms with van der Waals surface area (Å²) in [4.78, 5) is 0.774. The average Bonchev–Trinajstić information content (AvgIpc) is 2.37. The minimum absolute atomic E-state index is 0.591. The van der Waals surface area contributed by atoms with Crippen molar-refractivity contribution in [3.05, 3.63) is 0 Å². The van der Waals surface area contributed by atoms with Crippen molar-refractivity contribution in [3.63, 3.8) is 0 Å². The molecule has 5 nitrogen and oxygen atoms in total. The number of aromatic nitrogens is 4. The van der Waals surface area contributed by atoms with Gasteiger partial charge in [0, 0.05) is 7.05 Å². The summed E-state index contributed by atoms with van der Waals surface area (Å²) >= 11 is 5.04. The minimum atomic E-state index is 0.591. The van der Waals surface area contributed by atoms with Gasteiger partial charge < -0.3 is 5.32 Å². The maximum Gasteiger partial charge on any atom is 0.247 e. The fourth-order valence-corrected chi connectivity index (χ4v) is 1.05. The molecular formula is C6H11N5S. The van der Waals surface area contributed by atoms with E-state index in [1.807, 2.05) is 0 Å². The zero-order valence-corrected chi connectivity index (χ0v) is 7.93. The van der Waals surface area contributed by atoms with Crippen LogP contribution in [0.2, 0.25) is 0 Å². The normalized spacial score (nSPS) is 9.83. The summed E-state index contributed by atoms with van der Waals surface area (Å²) in [5, 5.41) is 13.8. The summed E-state index contributed by atoms with van der Waals surface area (Å²) in [6.07, 6.45) is 1.89. The van der Waals surface area contributed by atoms with E-state index in [-0.39, 0.29) is 0 Å². The number of nitrogens with zero attached hydrogens (tertiary/aromatic N) is 4. The Morgan fingerprint density at radius 1 is 1.67 bits per heavy atom. The fourth-order valence-electron chi connectivity index (χ4n) is 0.750. The lowest BCUT2D eigenvalue weighted by molar-refractivity contribution is 0.715. The van der Waals surface area contributed by atoms with E-state index >= 15 is 0 Å². The molecule has 0 unspecified atom stereocenters. The van der Waals surface area contributed by atoms with Gasteiger partial charge in [0.05, 0.1) is 4.99 Å². The van der Waals surface area contributed by atoms with Gasteiger partial charge in [-0.15, -0.1) is 0 Å². The van der Waals surface area contributed by atoms with E-state index in [1.54, 1.807) is 11.7 Å². The number of hydrogen-bond acceptors (Lipinski definition) is 4. The van der Waals surface area contributed by atoms with Crippen LogP contribution in [-0.4, -0.2) is 25.2 Å². The van der Waals surface area contributed by atoms with Gasteiger partial charge in [0.25, 0.3) is 0 Å². The van der Waals surface area contributed by atoms with E-state index in [4.69, 9.17) is 12.2 Å². The average molecular weight is 185 g/mol. The van der Waals surface area contributed by atoms with Crippen LogP contribution in [0, 0.1) is 0 Å². The minimum Gasteiger partial charge on any atom is -0.317 e. The van der Waals surface area contributed by atoms with Crippen molar-refractivity contribution < 1.29 is 0 Å². The Morgan fingerprint density at radius 3 is 2.92 bits per heavy atom. The second-order valence-electron chi connectivity index (χ2n) is 2.42. The first-order valence-electron chi connectivity index (χ1n) is 3.76. The summed E-state index contributed by atoms with van der Waals surface area (Å²) < 4.78 is 1.54. The summed E-state index contributed by atoms with van der Waals surface area (Å²) in [6.45, 7) is 2.07. The lowest BCUT2D eigenvalue weighted by Gasteiger charge is -2.02. The second-order valence-corrected chi connectivity index (χ2v) is 2.92. The number of aryl methyl sites for hydroxylation is 1. The maximum absolute atomic E-state index is 5.04. The molecule has 1 heterocycles. The van der Waals surface area contributed by atoms with Gasteiger partial charge in [0.2, 0.25) is 5.95 Å². The topological polar surface area (TPSA) is 55.6 Å². The molecule has 6 heteroatoms. The standard InChI is InChI=1S/C6H11N5S/c1-3-4-5(12)7-6-8-9-10-11(6)2/h3-4H2,1-2H3,(H,7,8,10,12). The molecule has 0 amide bonds. The summed E-state index contributed by atoms with van der Waals surface area (Å²) in [5.41, 5.74) is 0. The van der Waals surface area contributed by atoms with Gasteiger partial charge in [-0.25, -0.2) is 4.68 Å². The van der Waals surface area contributed by atoms with Crippen LogP contribution >= 0.6 is 12.2 Å². The third-order valence-corrected chi connectivity index (χ3v) is 1.65. The molecule has 1 aromatic rings. The molecule has 0 atom stereocenters. The second kappa shape index (κ2) is 4.10. The first kappa shape index (κ1) is 9.05. The van der Waals surface area contributed by atoms with Crippen molar-refractivity contribution >= 4 is 23.2 Å². The summed E-state index contributed by atoms with van der Waals surface area (Å²) in [5.74, 6) is 0.591. The van der Waals surface area contributed by atoms with Crippen LogP contribution in [0.25, 0.3) is 0 Å². The van der Waals surface area contributed by atoms with Crippen LogP contribution in [0.4, 0.5) is 5.95 Å². The van der Waals surface area contributed by atoms with Crippen LogP contribution in [-0.2, 0) is 7.05 Å². The fraction of sp³-hybridized carbons (Fsp3) is 0.667. The number of hydrogen-bond donors (Lipinski definition) is 1. The number of anilines is 1. The van der Waals surface area contributed by atoms with Crippen LogP contribution in [0.5, 0.6) is 0 Å². The van der Waals surface area contributed by atoms with Gasteiger partial charge in [0.15, 0.2) is 0 Å². The van der Waals surface area contributed by atoms with Gasteiger partial charge in [-0.1, -0.05) is 24.2 Å². The number of tetrazole rings is 1. The van der Waals surface area contributed by atoms with E-state index in [0.717, 1.165) is 17.8 Å². The van der Waals surface area contributed by atoms with E-state index in [1.165, 1.54) is 0 Å². The van der Waals surface area contributed by atoms with Crippen molar-refractivity contribution in [2.45, 2.75) is 19.8 Å². The van der Waals surface area contributed by atoms with E-state index in [2.05, 4.69) is 27.8 Å². The van der Waals surface area contributed by atoms with Crippen molar-refractivity contribution in [1.82, 2.24) is 20.2 Å². The Labute approximate surface area is 76.1 Å². The molecule has 12 heavy (non-hydrogen) atoms. The highest BCUT2D eigenvalue weighted by molar-refractivity contribution is 7.80. The highest BCUT2D eigenvalue weighted by Gasteiger charge is 2.02. The van der Waals surface area contributed by atoms with E-state index in [0.29, 0.717) is 5.95 Å². The van der Waals surface area contributed by atoms with Gasteiger partial charge in [-0.05, 0) is 23.3 Å². The molecule has 0 fully saturated rings. The highest BCUT2D eigenvalue weighted by Crippen LogP contribution is 1.99. The molecule has 66 valence electrons. The zero-order valence-electron chi connectivity index (χ0n) is 7.11. The SMILES string of the molecule is CCCC(=S)Nc1nnnn1C. The molecule has 1 N–H and O–H groups in total. The van der Waals surface area contributed by atoms with Gasteiger partial charge in [0.1, 0.15) is 0 Å². The highest BCUT2D eigenvalue weighted by atomic mass is 32.1. The van der Waals surface area contributed by atoms with Gasteiger partial charge in [-0.2, -0.15) is 0 Å².